The minimum atomic E-state index is -0.772. The first-order chi connectivity index (χ1) is 11.0. The molecule has 0 aliphatic heterocycles. The second kappa shape index (κ2) is 5.97. The standard InChI is InChI=1S/C18H13ClO4/c1-2-7-23-18(22)10-3-4-12-11(8-10)9-15-13(12)5-6-14(16(15)20)17(19)21/h3-6,8-9H,2,7H2,1H3. The van der Waals surface area contributed by atoms with Crippen molar-refractivity contribution in [2.24, 2.45) is 0 Å². The fraction of sp³-hybridized carbons (Fsp3) is 0.167. The number of hydrogen-bond acceptors (Lipinski definition) is 4. The summed E-state index contributed by atoms with van der Waals surface area (Å²) in [6.45, 7) is 2.29. The maximum absolute atomic E-state index is 12.3. The van der Waals surface area contributed by atoms with Crippen molar-refractivity contribution in [2.75, 3.05) is 6.61 Å². The van der Waals surface area contributed by atoms with Crippen LogP contribution in [0.4, 0.5) is 0 Å². The highest BCUT2D eigenvalue weighted by molar-refractivity contribution is 6.71. The van der Waals surface area contributed by atoms with E-state index in [1.54, 1.807) is 30.4 Å². The summed E-state index contributed by atoms with van der Waals surface area (Å²) < 4.78 is 5.11. The Morgan fingerprint density at radius 1 is 1.17 bits per heavy atom. The highest BCUT2D eigenvalue weighted by Gasteiger charge is 2.31. The van der Waals surface area contributed by atoms with Crippen molar-refractivity contribution in [3.63, 3.8) is 0 Å². The number of ether oxygens (including phenoxy) is 1. The Kier molecular flexibility index (Phi) is 4.01. The van der Waals surface area contributed by atoms with Gasteiger partial charge in [0.1, 0.15) is 0 Å². The Morgan fingerprint density at radius 3 is 2.65 bits per heavy atom. The molecular formula is C18H13ClO4. The van der Waals surface area contributed by atoms with Crippen LogP contribution < -0.4 is 0 Å². The van der Waals surface area contributed by atoms with Crippen LogP contribution in [-0.2, 0) is 14.3 Å². The van der Waals surface area contributed by atoms with E-state index in [-0.39, 0.29) is 5.57 Å². The van der Waals surface area contributed by atoms with Crippen LogP contribution in [0, 0.1) is 0 Å². The summed E-state index contributed by atoms with van der Waals surface area (Å²) in [4.78, 5) is 35.5. The lowest BCUT2D eigenvalue weighted by molar-refractivity contribution is -0.115. The lowest BCUT2D eigenvalue weighted by atomic mass is 9.91. The van der Waals surface area contributed by atoms with Crippen molar-refractivity contribution in [3.8, 4) is 0 Å². The number of benzene rings is 1. The van der Waals surface area contributed by atoms with Gasteiger partial charge >= 0.3 is 5.97 Å². The van der Waals surface area contributed by atoms with E-state index in [0.29, 0.717) is 17.7 Å². The van der Waals surface area contributed by atoms with E-state index < -0.39 is 17.0 Å². The molecule has 0 radical (unpaired) electrons. The number of carbonyl (C=O) groups excluding carboxylic acids is 3. The number of carbonyl (C=O) groups is 3. The number of allylic oxidation sites excluding steroid dienone is 5. The summed E-state index contributed by atoms with van der Waals surface area (Å²) in [6, 6.07) is 5.14. The summed E-state index contributed by atoms with van der Waals surface area (Å²) >= 11 is 5.42. The molecule has 0 saturated heterocycles. The Hall–Kier alpha value is -2.46. The number of halogens is 1. The molecule has 0 saturated carbocycles. The Balaban J connectivity index is 1.96. The quantitative estimate of drug-likeness (QED) is 0.483. The van der Waals surface area contributed by atoms with Gasteiger partial charge in [-0.3, -0.25) is 9.59 Å². The van der Waals surface area contributed by atoms with E-state index >= 15 is 0 Å². The fourth-order valence-corrected chi connectivity index (χ4v) is 2.77. The van der Waals surface area contributed by atoms with Crippen LogP contribution in [-0.4, -0.2) is 23.6 Å². The van der Waals surface area contributed by atoms with Gasteiger partial charge in [-0.15, -0.1) is 0 Å². The number of fused-ring (bicyclic) bond motifs is 3. The van der Waals surface area contributed by atoms with Gasteiger partial charge in [-0.05, 0) is 59.0 Å². The normalized spacial score (nSPS) is 15.2. The van der Waals surface area contributed by atoms with Crippen LogP contribution in [0.3, 0.4) is 0 Å². The summed E-state index contributed by atoms with van der Waals surface area (Å²) in [7, 11) is 0. The molecule has 4 nitrogen and oxygen atoms in total. The zero-order valence-corrected chi connectivity index (χ0v) is 13.1. The SMILES string of the molecule is CCCOC(=O)c1ccc2c(c1)C=C1C(=O)C(C(=O)Cl)=CC=C12. The molecule has 2 aliphatic carbocycles. The largest absolute Gasteiger partial charge is 0.462 e. The monoisotopic (exact) mass is 328 g/mol. The molecule has 116 valence electrons. The second-order valence-corrected chi connectivity index (χ2v) is 5.60. The molecule has 1 aromatic rings. The molecule has 0 heterocycles. The van der Waals surface area contributed by atoms with Crippen LogP contribution in [0.15, 0.2) is 41.5 Å². The Labute approximate surface area is 138 Å². The topological polar surface area (TPSA) is 60.4 Å². The van der Waals surface area contributed by atoms with Gasteiger partial charge in [0.15, 0.2) is 5.78 Å². The van der Waals surface area contributed by atoms with Gasteiger partial charge in [0, 0.05) is 5.57 Å². The molecule has 5 heteroatoms. The maximum Gasteiger partial charge on any atom is 0.338 e. The van der Waals surface area contributed by atoms with E-state index in [1.807, 2.05) is 6.92 Å². The number of hydrogen-bond donors (Lipinski definition) is 0. The molecular weight excluding hydrogens is 316 g/mol. The average molecular weight is 329 g/mol. The van der Waals surface area contributed by atoms with Crippen molar-refractivity contribution < 1.29 is 19.1 Å². The third-order valence-electron chi connectivity index (χ3n) is 3.72. The van der Waals surface area contributed by atoms with Crippen LogP contribution in [0.25, 0.3) is 11.6 Å². The molecule has 0 aromatic heterocycles. The predicted octanol–water partition coefficient (Wildman–Crippen LogP) is 3.31. The first kappa shape index (κ1) is 15.4. The summed E-state index contributed by atoms with van der Waals surface area (Å²) in [6.07, 6.45) is 5.56. The lowest BCUT2D eigenvalue weighted by Gasteiger charge is -2.11. The zero-order chi connectivity index (χ0) is 16.6. The number of rotatable bonds is 4. The van der Waals surface area contributed by atoms with Gasteiger partial charge < -0.3 is 4.74 Å². The van der Waals surface area contributed by atoms with Gasteiger partial charge in [0.2, 0.25) is 0 Å². The van der Waals surface area contributed by atoms with Crippen molar-refractivity contribution in [1.29, 1.82) is 0 Å². The first-order valence-corrected chi connectivity index (χ1v) is 7.61. The molecule has 0 unspecified atom stereocenters. The van der Waals surface area contributed by atoms with Gasteiger partial charge in [-0.2, -0.15) is 0 Å². The van der Waals surface area contributed by atoms with E-state index in [1.165, 1.54) is 6.08 Å². The second-order valence-electron chi connectivity index (χ2n) is 5.26. The molecule has 0 fully saturated rings. The van der Waals surface area contributed by atoms with Gasteiger partial charge in [-0.1, -0.05) is 19.1 Å². The van der Waals surface area contributed by atoms with E-state index in [9.17, 15) is 14.4 Å². The number of Topliss-reactive ketones (excluding diaryl/α,β-unsaturated/α-hetero) is 1. The molecule has 2 aliphatic rings. The summed E-state index contributed by atoms with van der Waals surface area (Å²) in [5.74, 6) is -0.785. The highest BCUT2D eigenvalue weighted by atomic mass is 35.5. The smallest absolute Gasteiger partial charge is 0.338 e. The molecule has 0 N–H and O–H groups in total. The van der Waals surface area contributed by atoms with Crippen LogP contribution in [0.1, 0.15) is 34.8 Å². The molecule has 0 atom stereocenters. The predicted molar refractivity (Wildman–Crippen MR) is 86.9 cm³/mol. The maximum atomic E-state index is 12.3. The highest BCUT2D eigenvalue weighted by Crippen LogP contribution is 2.40. The zero-order valence-electron chi connectivity index (χ0n) is 12.4. The van der Waals surface area contributed by atoms with Crippen LogP contribution in [0.5, 0.6) is 0 Å². The third kappa shape index (κ3) is 2.66. The average Bonchev–Trinajstić information content (AvgIpc) is 2.91. The Morgan fingerprint density at radius 2 is 1.96 bits per heavy atom. The van der Waals surface area contributed by atoms with Gasteiger partial charge in [0.05, 0.1) is 17.7 Å². The molecule has 0 amide bonds. The van der Waals surface area contributed by atoms with E-state index in [0.717, 1.165) is 23.1 Å². The summed E-state index contributed by atoms with van der Waals surface area (Å²) in [5, 5.41) is -0.772. The third-order valence-corrected chi connectivity index (χ3v) is 3.93. The minimum Gasteiger partial charge on any atom is -0.462 e. The van der Waals surface area contributed by atoms with E-state index in [2.05, 4.69) is 0 Å². The Bertz CT molecular complexity index is 827. The van der Waals surface area contributed by atoms with Crippen molar-refractivity contribution in [2.45, 2.75) is 13.3 Å². The van der Waals surface area contributed by atoms with Gasteiger partial charge in [-0.25, -0.2) is 4.79 Å². The summed E-state index contributed by atoms with van der Waals surface area (Å²) in [5.41, 5.74) is 3.14. The van der Waals surface area contributed by atoms with Crippen molar-refractivity contribution in [1.82, 2.24) is 0 Å². The lowest BCUT2D eigenvalue weighted by Crippen LogP contribution is -2.13. The fourth-order valence-electron chi connectivity index (χ4n) is 2.62. The molecule has 3 rings (SSSR count). The molecule has 0 spiro atoms. The van der Waals surface area contributed by atoms with E-state index in [4.69, 9.17) is 16.3 Å². The van der Waals surface area contributed by atoms with Gasteiger partial charge in [0.25, 0.3) is 5.24 Å². The molecule has 0 bridgehead atoms. The first-order valence-electron chi connectivity index (χ1n) is 7.23. The van der Waals surface area contributed by atoms with Crippen molar-refractivity contribution in [3.05, 3.63) is 58.2 Å². The molecule has 23 heavy (non-hydrogen) atoms. The van der Waals surface area contributed by atoms with Crippen molar-refractivity contribution >= 4 is 40.2 Å². The number of ketones is 1. The number of esters is 1. The van der Waals surface area contributed by atoms with Crippen LogP contribution in [0.2, 0.25) is 0 Å². The molecule has 1 aromatic carbocycles. The minimum absolute atomic E-state index is 0.0444. The van der Waals surface area contributed by atoms with Crippen LogP contribution >= 0.6 is 11.6 Å².